The molecule has 206 valence electrons. The Kier molecular flexibility index (Phi) is 8.80. The molecule has 1 unspecified atom stereocenters. The topological polar surface area (TPSA) is 101 Å². The number of hydrogen-bond acceptors (Lipinski definition) is 4. The van der Waals surface area contributed by atoms with Gasteiger partial charge in [0.25, 0.3) is 0 Å². The summed E-state index contributed by atoms with van der Waals surface area (Å²) in [5.41, 5.74) is 0.550. The number of carbonyl (C=O) groups excluding carboxylic acids is 1. The fraction of sp³-hybridized carbons (Fsp3) is 0.517. The van der Waals surface area contributed by atoms with Crippen molar-refractivity contribution in [3.05, 3.63) is 69.7 Å². The lowest BCUT2D eigenvalue weighted by atomic mass is 9.65. The Morgan fingerprint density at radius 3 is 2.37 bits per heavy atom. The molecule has 1 aliphatic carbocycles. The molecule has 1 aliphatic heterocycles. The van der Waals surface area contributed by atoms with Crippen molar-refractivity contribution < 1.29 is 23.1 Å². The summed E-state index contributed by atoms with van der Waals surface area (Å²) >= 11 is 12.4. The zero-order chi connectivity index (χ0) is 27.7. The van der Waals surface area contributed by atoms with Crippen LogP contribution in [-0.4, -0.2) is 36.7 Å². The van der Waals surface area contributed by atoms with Crippen molar-refractivity contribution in [3.8, 4) is 0 Å². The maximum Gasteiger partial charge on any atom is 0.304 e. The van der Waals surface area contributed by atoms with Gasteiger partial charge in [0.15, 0.2) is 9.84 Å². The van der Waals surface area contributed by atoms with Gasteiger partial charge in [0.2, 0.25) is 5.91 Å². The van der Waals surface area contributed by atoms with E-state index in [4.69, 9.17) is 23.2 Å². The van der Waals surface area contributed by atoms with E-state index in [9.17, 15) is 23.1 Å². The first-order valence-corrected chi connectivity index (χ1v) is 15.6. The van der Waals surface area contributed by atoms with Crippen LogP contribution in [0.3, 0.4) is 0 Å². The van der Waals surface area contributed by atoms with Crippen LogP contribution >= 0.6 is 23.2 Å². The van der Waals surface area contributed by atoms with Crippen molar-refractivity contribution in [2.45, 2.75) is 81.3 Å². The molecule has 1 saturated carbocycles. The molecule has 0 spiro atoms. The summed E-state index contributed by atoms with van der Waals surface area (Å²) in [6.07, 6.45) is 3.02. The minimum atomic E-state index is -3.46. The summed E-state index contributed by atoms with van der Waals surface area (Å²) in [4.78, 5) is 25.2. The number of amides is 1. The third-order valence-electron chi connectivity index (χ3n) is 8.62. The Morgan fingerprint density at radius 1 is 1.13 bits per heavy atom. The molecule has 4 rings (SSSR count). The molecule has 0 bridgehead atoms. The molecule has 6 nitrogen and oxygen atoms in total. The number of halogens is 2. The van der Waals surface area contributed by atoms with Crippen LogP contribution in [0.1, 0.15) is 81.1 Å². The molecule has 38 heavy (non-hydrogen) atoms. The van der Waals surface area contributed by atoms with E-state index < -0.39 is 26.5 Å². The lowest BCUT2D eigenvalue weighted by molar-refractivity contribution is -0.149. The van der Waals surface area contributed by atoms with Crippen LogP contribution in [0, 0.1) is 11.3 Å². The zero-order valence-corrected chi connectivity index (χ0v) is 24.0. The second-order valence-corrected chi connectivity index (χ2v) is 14.3. The third-order valence-corrected chi connectivity index (χ3v) is 11.8. The van der Waals surface area contributed by atoms with Gasteiger partial charge in [-0.2, -0.15) is 0 Å². The predicted molar refractivity (Wildman–Crippen MR) is 150 cm³/mol. The van der Waals surface area contributed by atoms with Crippen molar-refractivity contribution >= 4 is 44.9 Å². The van der Waals surface area contributed by atoms with Gasteiger partial charge in [0.05, 0.1) is 22.3 Å². The summed E-state index contributed by atoms with van der Waals surface area (Å²) in [6, 6.07) is 14.0. The van der Waals surface area contributed by atoms with Crippen molar-refractivity contribution in [3.63, 3.8) is 0 Å². The SMILES string of the molecule is CC[C@@]1(CC(=O)O)C[C@H](c2cccc(Cl)c2)[C@H](C(C)C[C@@H](c2ccc(Cl)cc2)S(=O)(=O)C2CCC2)NC1=O. The number of carboxylic acids is 1. The van der Waals surface area contributed by atoms with Gasteiger partial charge in [0, 0.05) is 22.0 Å². The highest BCUT2D eigenvalue weighted by Crippen LogP contribution is 2.47. The summed E-state index contributed by atoms with van der Waals surface area (Å²) < 4.78 is 27.5. The van der Waals surface area contributed by atoms with E-state index >= 15 is 0 Å². The minimum Gasteiger partial charge on any atom is -0.481 e. The van der Waals surface area contributed by atoms with E-state index in [0.29, 0.717) is 47.7 Å². The number of piperidine rings is 1. The highest BCUT2D eigenvalue weighted by molar-refractivity contribution is 7.92. The number of benzene rings is 2. The van der Waals surface area contributed by atoms with Crippen molar-refractivity contribution in [1.29, 1.82) is 0 Å². The second-order valence-electron chi connectivity index (χ2n) is 11.0. The molecule has 1 amide bonds. The van der Waals surface area contributed by atoms with Crippen molar-refractivity contribution in [2.24, 2.45) is 11.3 Å². The Hall–Kier alpha value is -2.09. The van der Waals surface area contributed by atoms with Gasteiger partial charge in [-0.1, -0.05) is 67.7 Å². The highest BCUT2D eigenvalue weighted by Gasteiger charge is 2.50. The van der Waals surface area contributed by atoms with Crippen LogP contribution in [0.15, 0.2) is 48.5 Å². The lowest BCUT2D eigenvalue weighted by Crippen LogP contribution is -2.57. The highest BCUT2D eigenvalue weighted by atomic mass is 35.5. The van der Waals surface area contributed by atoms with E-state index in [1.54, 1.807) is 30.3 Å². The normalized spacial score (nSPS) is 25.7. The molecule has 0 aromatic heterocycles. The maximum absolute atomic E-state index is 13.7. The first kappa shape index (κ1) is 28.9. The summed E-state index contributed by atoms with van der Waals surface area (Å²) in [5.74, 6) is -1.76. The van der Waals surface area contributed by atoms with E-state index in [2.05, 4.69) is 5.32 Å². The van der Waals surface area contributed by atoms with Gasteiger partial charge in [-0.25, -0.2) is 8.42 Å². The molecular weight excluding hydrogens is 545 g/mol. The zero-order valence-electron chi connectivity index (χ0n) is 21.7. The van der Waals surface area contributed by atoms with Crippen molar-refractivity contribution in [2.75, 3.05) is 0 Å². The average Bonchev–Trinajstić information content (AvgIpc) is 2.82. The fourth-order valence-electron chi connectivity index (χ4n) is 6.07. The van der Waals surface area contributed by atoms with Gasteiger partial charge in [-0.3, -0.25) is 9.59 Å². The molecule has 2 aliphatic rings. The molecule has 9 heteroatoms. The largest absolute Gasteiger partial charge is 0.481 e. The molecule has 2 N–H and O–H groups in total. The molecule has 1 heterocycles. The Labute approximate surface area is 235 Å². The predicted octanol–water partition coefficient (Wildman–Crippen LogP) is 6.57. The fourth-order valence-corrected chi connectivity index (χ4v) is 8.96. The molecule has 1 saturated heterocycles. The van der Waals surface area contributed by atoms with Gasteiger partial charge < -0.3 is 10.4 Å². The molecule has 0 radical (unpaired) electrons. The minimum absolute atomic E-state index is 0.224. The Morgan fingerprint density at radius 2 is 1.82 bits per heavy atom. The molecule has 5 atom stereocenters. The number of aliphatic carboxylic acids is 1. The Balaban J connectivity index is 1.71. The number of nitrogens with one attached hydrogen (secondary N) is 1. The number of sulfone groups is 1. The van der Waals surface area contributed by atoms with Gasteiger partial charge in [-0.05, 0) is 73.4 Å². The van der Waals surface area contributed by atoms with Gasteiger partial charge in [-0.15, -0.1) is 0 Å². The van der Waals surface area contributed by atoms with Gasteiger partial charge in [0.1, 0.15) is 0 Å². The van der Waals surface area contributed by atoms with Crippen LogP contribution in [0.2, 0.25) is 10.0 Å². The van der Waals surface area contributed by atoms with E-state index in [1.165, 1.54) is 0 Å². The smallest absolute Gasteiger partial charge is 0.304 e. The van der Waals surface area contributed by atoms with Crippen LogP contribution in [0.4, 0.5) is 0 Å². The molecular formula is C29H35Cl2NO5S. The maximum atomic E-state index is 13.7. The number of hydrogen-bond donors (Lipinski definition) is 2. The second kappa shape index (κ2) is 11.6. The van der Waals surface area contributed by atoms with Crippen LogP contribution in [0.25, 0.3) is 0 Å². The third kappa shape index (κ3) is 5.90. The monoisotopic (exact) mass is 579 g/mol. The van der Waals surface area contributed by atoms with Crippen LogP contribution in [0.5, 0.6) is 0 Å². The lowest BCUT2D eigenvalue weighted by Gasteiger charge is -2.46. The molecule has 2 fully saturated rings. The first-order valence-electron chi connectivity index (χ1n) is 13.2. The summed E-state index contributed by atoms with van der Waals surface area (Å²) in [6.45, 7) is 3.81. The van der Waals surface area contributed by atoms with E-state index in [-0.39, 0.29) is 35.5 Å². The van der Waals surface area contributed by atoms with Gasteiger partial charge >= 0.3 is 5.97 Å². The average molecular weight is 581 g/mol. The summed E-state index contributed by atoms with van der Waals surface area (Å²) in [7, 11) is -3.46. The van der Waals surface area contributed by atoms with E-state index in [0.717, 1.165) is 12.0 Å². The molecule has 2 aromatic carbocycles. The van der Waals surface area contributed by atoms with E-state index in [1.807, 2.05) is 32.0 Å². The quantitative estimate of drug-likeness (QED) is 0.331. The summed E-state index contributed by atoms with van der Waals surface area (Å²) in [5, 5.41) is 12.8. The number of rotatable bonds is 10. The van der Waals surface area contributed by atoms with Crippen LogP contribution < -0.4 is 5.32 Å². The molecule has 2 aromatic rings. The number of carboxylic acid groups (broad SMARTS) is 1. The van der Waals surface area contributed by atoms with Crippen LogP contribution in [-0.2, 0) is 19.4 Å². The standard InChI is InChI=1S/C29H35Cl2NO5S/c1-3-29(17-26(33)34)16-24(20-6-4-7-22(31)15-20)27(32-28(29)35)18(2)14-25(19-10-12-21(30)13-11-19)38(36,37)23-8-5-9-23/h4,6-7,10-13,15,18,23-25,27H,3,5,8-9,14,16-17H2,1-2H3,(H,32,35)(H,33,34)/t18?,24-,25+,27+,29+/m1/s1. The van der Waals surface area contributed by atoms with Crippen molar-refractivity contribution in [1.82, 2.24) is 5.32 Å². The number of carbonyl (C=O) groups is 2. The first-order chi connectivity index (χ1) is 18.0. The Bertz CT molecular complexity index is 1280.